The highest BCUT2D eigenvalue weighted by molar-refractivity contribution is 9.10. The third-order valence-electron chi connectivity index (χ3n) is 4.59. The van der Waals surface area contributed by atoms with Crippen molar-refractivity contribution in [2.75, 3.05) is 5.43 Å². The van der Waals surface area contributed by atoms with Crippen molar-refractivity contribution in [3.8, 4) is 5.75 Å². The monoisotopic (exact) mass is 476 g/mol. The highest BCUT2D eigenvalue weighted by Gasteiger charge is 2.13. The molecule has 7 nitrogen and oxygen atoms in total. The summed E-state index contributed by atoms with van der Waals surface area (Å²) in [6, 6.07) is 22.7. The Morgan fingerprint density at radius 2 is 1.94 bits per heavy atom. The summed E-state index contributed by atoms with van der Waals surface area (Å²) in [6.45, 7) is 0.392. The predicted octanol–water partition coefficient (Wildman–Crippen LogP) is 5.93. The summed E-state index contributed by atoms with van der Waals surface area (Å²) in [5.41, 5.74) is 4.27. The van der Waals surface area contributed by atoms with Crippen LogP contribution in [0.1, 0.15) is 11.1 Å². The highest BCUT2D eigenvalue weighted by atomic mass is 79.9. The number of nitro groups is 1. The van der Waals surface area contributed by atoms with E-state index in [1.54, 1.807) is 6.21 Å². The van der Waals surface area contributed by atoms with E-state index in [9.17, 15) is 10.1 Å². The fourth-order valence-corrected chi connectivity index (χ4v) is 3.50. The number of aromatic nitrogens is 1. The predicted molar refractivity (Wildman–Crippen MR) is 125 cm³/mol. The third-order valence-corrected chi connectivity index (χ3v) is 5.09. The number of halogens is 1. The van der Waals surface area contributed by atoms with Crippen LogP contribution in [0.2, 0.25) is 0 Å². The maximum Gasteiger partial charge on any atom is 0.313 e. The van der Waals surface area contributed by atoms with Crippen LogP contribution in [0.5, 0.6) is 5.75 Å². The standard InChI is InChI=1S/C23H17BrN4O3/c24-19-10-11-22(31-15-17-7-3-6-16-5-1-2-8-20(16)17)18(13-19)14-26-27-23-21(28(29)30)9-4-12-25-23/h1-14H,15H2,(H,25,27)/b26-14+. The topological polar surface area (TPSA) is 89.7 Å². The number of anilines is 1. The van der Waals surface area contributed by atoms with Gasteiger partial charge >= 0.3 is 5.69 Å². The van der Waals surface area contributed by atoms with Crippen molar-refractivity contribution in [1.29, 1.82) is 0 Å². The van der Waals surface area contributed by atoms with Crippen LogP contribution in [-0.2, 0) is 6.61 Å². The molecular formula is C23H17BrN4O3. The number of rotatable bonds is 7. The number of hydrogen-bond acceptors (Lipinski definition) is 6. The Morgan fingerprint density at radius 1 is 1.10 bits per heavy atom. The first-order chi connectivity index (χ1) is 15.1. The normalized spacial score (nSPS) is 11.0. The van der Waals surface area contributed by atoms with Crippen molar-refractivity contribution >= 4 is 44.4 Å². The number of nitrogens with zero attached hydrogens (tertiary/aromatic N) is 3. The van der Waals surface area contributed by atoms with E-state index in [0.717, 1.165) is 20.8 Å². The number of pyridine rings is 1. The molecule has 0 amide bonds. The van der Waals surface area contributed by atoms with Crippen LogP contribution >= 0.6 is 15.9 Å². The summed E-state index contributed by atoms with van der Waals surface area (Å²) >= 11 is 3.45. The molecule has 0 aliphatic carbocycles. The highest BCUT2D eigenvalue weighted by Crippen LogP contribution is 2.25. The van der Waals surface area contributed by atoms with E-state index in [4.69, 9.17) is 4.74 Å². The van der Waals surface area contributed by atoms with Gasteiger partial charge in [-0.1, -0.05) is 58.4 Å². The summed E-state index contributed by atoms with van der Waals surface area (Å²) in [6.07, 6.45) is 3.00. The molecule has 0 saturated carbocycles. The van der Waals surface area contributed by atoms with E-state index in [-0.39, 0.29) is 11.5 Å². The van der Waals surface area contributed by atoms with Crippen LogP contribution in [0, 0.1) is 10.1 Å². The smallest absolute Gasteiger partial charge is 0.313 e. The van der Waals surface area contributed by atoms with Gasteiger partial charge in [-0.05, 0) is 40.6 Å². The molecule has 4 rings (SSSR count). The summed E-state index contributed by atoms with van der Waals surface area (Å²) in [7, 11) is 0. The zero-order valence-electron chi connectivity index (χ0n) is 16.2. The van der Waals surface area contributed by atoms with Gasteiger partial charge in [-0.15, -0.1) is 0 Å². The molecule has 0 bridgehead atoms. The van der Waals surface area contributed by atoms with Crippen molar-refractivity contribution in [2.24, 2.45) is 5.10 Å². The van der Waals surface area contributed by atoms with Gasteiger partial charge < -0.3 is 4.74 Å². The lowest BCUT2D eigenvalue weighted by atomic mass is 10.1. The van der Waals surface area contributed by atoms with Crippen LogP contribution in [0.15, 0.2) is 88.6 Å². The Labute approximate surface area is 186 Å². The molecule has 4 aromatic rings. The van der Waals surface area contributed by atoms with Crippen LogP contribution in [0.3, 0.4) is 0 Å². The second kappa shape index (κ2) is 9.36. The van der Waals surface area contributed by atoms with E-state index in [0.29, 0.717) is 17.9 Å². The van der Waals surface area contributed by atoms with Crippen LogP contribution in [-0.4, -0.2) is 16.1 Å². The molecule has 1 aromatic heterocycles. The first kappa shape index (κ1) is 20.5. The molecule has 1 N–H and O–H groups in total. The van der Waals surface area contributed by atoms with Gasteiger partial charge in [0.2, 0.25) is 5.82 Å². The van der Waals surface area contributed by atoms with Crippen LogP contribution in [0.4, 0.5) is 11.5 Å². The maximum absolute atomic E-state index is 11.1. The van der Waals surface area contributed by atoms with Crippen molar-refractivity contribution in [2.45, 2.75) is 6.61 Å². The second-order valence-electron chi connectivity index (χ2n) is 6.61. The van der Waals surface area contributed by atoms with Crippen molar-refractivity contribution in [1.82, 2.24) is 4.98 Å². The van der Waals surface area contributed by atoms with Gasteiger partial charge in [0.1, 0.15) is 12.4 Å². The average molecular weight is 477 g/mol. The van der Waals surface area contributed by atoms with Crippen LogP contribution < -0.4 is 10.2 Å². The van der Waals surface area contributed by atoms with Crippen molar-refractivity contribution in [3.63, 3.8) is 0 Å². The molecular weight excluding hydrogens is 460 g/mol. The molecule has 0 spiro atoms. The van der Waals surface area contributed by atoms with Gasteiger partial charge in [-0.3, -0.25) is 15.5 Å². The number of benzene rings is 3. The minimum absolute atomic E-state index is 0.0666. The summed E-state index contributed by atoms with van der Waals surface area (Å²) < 4.78 is 6.94. The van der Waals surface area contributed by atoms with Gasteiger partial charge in [0.15, 0.2) is 0 Å². The molecule has 0 unspecified atom stereocenters. The van der Waals surface area contributed by atoms with E-state index >= 15 is 0 Å². The Kier molecular flexibility index (Phi) is 6.18. The lowest BCUT2D eigenvalue weighted by Crippen LogP contribution is -2.01. The zero-order valence-corrected chi connectivity index (χ0v) is 17.8. The Bertz CT molecular complexity index is 1270. The van der Waals surface area contributed by atoms with Gasteiger partial charge in [0.25, 0.3) is 0 Å². The van der Waals surface area contributed by atoms with Gasteiger partial charge in [-0.2, -0.15) is 5.10 Å². The minimum atomic E-state index is -0.511. The van der Waals surface area contributed by atoms with E-state index in [2.05, 4.69) is 49.6 Å². The number of nitrogens with one attached hydrogen (secondary N) is 1. The maximum atomic E-state index is 11.1. The molecule has 154 valence electrons. The Hall–Kier alpha value is -3.78. The molecule has 0 radical (unpaired) electrons. The number of ether oxygens (including phenoxy) is 1. The molecule has 1 heterocycles. The molecule has 31 heavy (non-hydrogen) atoms. The van der Waals surface area contributed by atoms with Crippen molar-refractivity contribution in [3.05, 3.63) is 105 Å². The van der Waals surface area contributed by atoms with E-state index in [1.807, 2.05) is 42.5 Å². The fraction of sp³-hybridized carbons (Fsp3) is 0.0435. The molecule has 3 aromatic carbocycles. The number of hydrazone groups is 1. The Morgan fingerprint density at radius 3 is 2.81 bits per heavy atom. The summed E-state index contributed by atoms with van der Waals surface area (Å²) in [5.74, 6) is 0.703. The summed E-state index contributed by atoms with van der Waals surface area (Å²) in [4.78, 5) is 14.6. The first-order valence-corrected chi connectivity index (χ1v) is 10.2. The number of hydrogen-bond donors (Lipinski definition) is 1. The first-order valence-electron chi connectivity index (χ1n) is 9.39. The van der Waals surface area contributed by atoms with Gasteiger partial charge in [0, 0.05) is 22.3 Å². The summed E-state index contributed by atoms with van der Waals surface area (Å²) in [5, 5.41) is 17.5. The lowest BCUT2D eigenvalue weighted by molar-refractivity contribution is -0.384. The number of fused-ring (bicyclic) bond motifs is 1. The fourth-order valence-electron chi connectivity index (χ4n) is 3.12. The average Bonchev–Trinajstić information content (AvgIpc) is 2.79. The quantitative estimate of drug-likeness (QED) is 0.202. The van der Waals surface area contributed by atoms with Crippen LogP contribution in [0.25, 0.3) is 10.8 Å². The Balaban J connectivity index is 1.54. The third kappa shape index (κ3) is 4.87. The zero-order chi connectivity index (χ0) is 21.6. The molecule has 0 saturated heterocycles. The van der Waals surface area contributed by atoms with E-state index in [1.165, 1.54) is 18.3 Å². The van der Waals surface area contributed by atoms with E-state index < -0.39 is 4.92 Å². The van der Waals surface area contributed by atoms with Gasteiger partial charge in [0.05, 0.1) is 11.1 Å². The molecule has 0 aliphatic rings. The molecule has 0 atom stereocenters. The largest absolute Gasteiger partial charge is 0.488 e. The minimum Gasteiger partial charge on any atom is -0.488 e. The second-order valence-corrected chi connectivity index (χ2v) is 7.52. The lowest BCUT2D eigenvalue weighted by Gasteiger charge is -2.11. The van der Waals surface area contributed by atoms with Gasteiger partial charge in [-0.25, -0.2) is 4.98 Å². The SMILES string of the molecule is O=[N+]([O-])c1cccnc1N/N=C/c1cc(Br)ccc1OCc1cccc2ccccc12. The molecule has 8 heteroatoms. The molecule has 0 aliphatic heterocycles. The van der Waals surface area contributed by atoms with Crippen molar-refractivity contribution < 1.29 is 9.66 Å². The molecule has 0 fully saturated rings.